The highest BCUT2D eigenvalue weighted by Gasteiger charge is 2.13. The quantitative estimate of drug-likeness (QED) is 0.693. The van der Waals surface area contributed by atoms with Gasteiger partial charge in [-0.25, -0.2) is 4.68 Å². The van der Waals surface area contributed by atoms with Crippen LogP contribution in [-0.2, 0) is 16.1 Å². The SMILES string of the molecule is Cc1cc(NC(=O)CSc2nnnn2CC(=O)O)no1. The van der Waals surface area contributed by atoms with Gasteiger partial charge in [-0.3, -0.25) is 9.59 Å². The summed E-state index contributed by atoms with van der Waals surface area (Å²) in [7, 11) is 0. The van der Waals surface area contributed by atoms with Crippen LogP contribution in [0.4, 0.5) is 5.82 Å². The predicted molar refractivity (Wildman–Crippen MR) is 66.0 cm³/mol. The highest BCUT2D eigenvalue weighted by molar-refractivity contribution is 7.99. The van der Waals surface area contributed by atoms with E-state index in [2.05, 4.69) is 26.0 Å². The van der Waals surface area contributed by atoms with Crippen molar-refractivity contribution in [1.29, 1.82) is 0 Å². The van der Waals surface area contributed by atoms with Crippen LogP contribution >= 0.6 is 11.8 Å². The van der Waals surface area contributed by atoms with Gasteiger partial charge >= 0.3 is 5.97 Å². The maximum Gasteiger partial charge on any atom is 0.325 e. The van der Waals surface area contributed by atoms with E-state index in [0.29, 0.717) is 11.6 Å². The van der Waals surface area contributed by atoms with Crippen molar-refractivity contribution in [2.45, 2.75) is 18.6 Å². The summed E-state index contributed by atoms with van der Waals surface area (Å²) in [6.07, 6.45) is 0. The van der Waals surface area contributed by atoms with E-state index in [-0.39, 0.29) is 23.4 Å². The smallest absolute Gasteiger partial charge is 0.325 e. The van der Waals surface area contributed by atoms with Crippen molar-refractivity contribution in [3.05, 3.63) is 11.8 Å². The molecule has 0 bridgehead atoms. The van der Waals surface area contributed by atoms with E-state index >= 15 is 0 Å². The van der Waals surface area contributed by atoms with E-state index in [9.17, 15) is 9.59 Å². The highest BCUT2D eigenvalue weighted by atomic mass is 32.2. The van der Waals surface area contributed by atoms with Crippen molar-refractivity contribution in [3.8, 4) is 0 Å². The number of amides is 1. The number of carboxylic acid groups (broad SMARTS) is 1. The van der Waals surface area contributed by atoms with Gasteiger partial charge in [0.15, 0.2) is 5.82 Å². The van der Waals surface area contributed by atoms with Gasteiger partial charge in [-0.1, -0.05) is 16.9 Å². The molecule has 0 saturated carbocycles. The average Bonchev–Trinajstić information content (AvgIpc) is 2.96. The number of nitrogens with zero attached hydrogens (tertiary/aromatic N) is 5. The van der Waals surface area contributed by atoms with Gasteiger partial charge in [0, 0.05) is 6.07 Å². The van der Waals surface area contributed by atoms with E-state index < -0.39 is 5.97 Å². The molecule has 106 valence electrons. The lowest BCUT2D eigenvalue weighted by molar-refractivity contribution is -0.138. The molecule has 2 aromatic heterocycles. The van der Waals surface area contributed by atoms with Crippen LogP contribution < -0.4 is 5.32 Å². The lowest BCUT2D eigenvalue weighted by Crippen LogP contribution is -2.16. The number of nitrogens with one attached hydrogen (secondary N) is 1. The second-order valence-electron chi connectivity index (χ2n) is 3.67. The molecular formula is C9H10N6O4S. The Balaban J connectivity index is 1.87. The van der Waals surface area contributed by atoms with Gasteiger partial charge in [-0.2, -0.15) is 0 Å². The third kappa shape index (κ3) is 3.78. The fourth-order valence-corrected chi connectivity index (χ4v) is 1.94. The van der Waals surface area contributed by atoms with E-state index in [1.165, 1.54) is 0 Å². The summed E-state index contributed by atoms with van der Waals surface area (Å²) in [6, 6.07) is 1.58. The molecule has 10 nitrogen and oxygen atoms in total. The normalized spacial score (nSPS) is 10.4. The van der Waals surface area contributed by atoms with Gasteiger partial charge in [0.2, 0.25) is 11.1 Å². The lowest BCUT2D eigenvalue weighted by Gasteiger charge is -2.01. The largest absolute Gasteiger partial charge is 0.480 e. The Kier molecular flexibility index (Phi) is 4.30. The van der Waals surface area contributed by atoms with Crippen molar-refractivity contribution >= 4 is 29.5 Å². The molecule has 0 radical (unpaired) electrons. The van der Waals surface area contributed by atoms with Crippen LogP contribution in [-0.4, -0.2) is 48.1 Å². The van der Waals surface area contributed by atoms with Crippen LogP contribution in [0.2, 0.25) is 0 Å². The van der Waals surface area contributed by atoms with Crippen molar-refractivity contribution in [2.24, 2.45) is 0 Å². The number of aryl methyl sites for hydroxylation is 1. The van der Waals surface area contributed by atoms with Gasteiger partial charge in [-0.15, -0.1) is 5.10 Å². The molecule has 0 fully saturated rings. The summed E-state index contributed by atoms with van der Waals surface area (Å²) in [5.74, 6) is -0.474. The third-order valence-electron chi connectivity index (χ3n) is 2.01. The van der Waals surface area contributed by atoms with Gasteiger partial charge < -0.3 is 14.9 Å². The number of anilines is 1. The number of carbonyl (C=O) groups is 2. The number of carbonyl (C=O) groups excluding carboxylic acids is 1. The topological polar surface area (TPSA) is 136 Å². The minimum Gasteiger partial charge on any atom is -0.480 e. The zero-order valence-electron chi connectivity index (χ0n) is 10.3. The molecule has 2 heterocycles. The van der Waals surface area contributed by atoms with Crippen LogP contribution in [0.15, 0.2) is 15.7 Å². The Hall–Kier alpha value is -2.43. The van der Waals surface area contributed by atoms with Crippen molar-refractivity contribution < 1.29 is 19.2 Å². The molecule has 0 aliphatic heterocycles. The molecule has 20 heavy (non-hydrogen) atoms. The Morgan fingerprint density at radius 1 is 1.55 bits per heavy atom. The number of rotatable bonds is 6. The number of aromatic nitrogens is 5. The minimum atomic E-state index is -1.07. The molecule has 0 saturated heterocycles. The zero-order valence-corrected chi connectivity index (χ0v) is 11.1. The summed E-state index contributed by atoms with van der Waals surface area (Å²) in [5, 5.41) is 25.6. The predicted octanol–water partition coefficient (Wildman–Crippen LogP) is -0.215. The first-order valence-electron chi connectivity index (χ1n) is 5.38. The molecule has 11 heteroatoms. The summed E-state index contributed by atoms with van der Waals surface area (Å²) >= 11 is 1.02. The minimum absolute atomic E-state index is 0.0197. The molecule has 1 amide bonds. The summed E-state index contributed by atoms with van der Waals surface area (Å²) in [5.41, 5.74) is 0. The molecule has 0 atom stereocenters. The Labute approximate surface area is 116 Å². The summed E-state index contributed by atoms with van der Waals surface area (Å²) in [4.78, 5) is 22.2. The monoisotopic (exact) mass is 298 g/mol. The highest BCUT2D eigenvalue weighted by Crippen LogP contribution is 2.14. The molecule has 0 aliphatic carbocycles. The number of thioether (sulfide) groups is 1. The number of tetrazole rings is 1. The molecule has 2 aromatic rings. The Morgan fingerprint density at radius 2 is 2.35 bits per heavy atom. The van der Waals surface area contributed by atoms with Crippen LogP contribution in [0, 0.1) is 6.92 Å². The zero-order chi connectivity index (χ0) is 14.5. The van der Waals surface area contributed by atoms with E-state index in [1.807, 2.05) is 0 Å². The van der Waals surface area contributed by atoms with E-state index in [4.69, 9.17) is 9.63 Å². The number of hydrogen-bond donors (Lipinski definition) is 2. The second kappa shape index (κ2) is 6.14. The van der Waals surface area contributed by atoms with E-state index in [1.54, 1.807) is 13.0 Å². The first-order valence-corrected chi connectivity index (χ1v) is 6.37. The average molecular weight is 298 g/mol. The molecule has 0 unspecified atom stereocenters. The number of carboxylic acids is 1. The Morgan fingerprint density at radius 3 is 3.00 bits per heavy atom. The van der Waals surface area contributed by atoms with Crippen LogP contribution in [0.5, 0.6) is 0 Å². The molecule has 0 aliphatic rings. The maximum atomic E-state index is 11.6. The van der Waals surface area contributed by atoms with Crippen molar-refractivity contribution in [3.63, 3.8) is 0 Å². The fourth-order valence-electron chi connectivity index (χ4n) is 1.26. The van der Waals surface area contributed by atoms with Gasteiger partial charge in [0.05, 0.1) is 5.75 Å². The first-order chi connectivity index (χ1) is 9.54. The van der Waals surface area contributed by atoms with Crippen LogP contribution in [0.3, 0.4) is 0 Å². The first kappa shape index (κ1) is 14.0. The van der Waals surface area contributed by atoms with Crippen molar-refractivity contribution in [1.82, 2.24) is 25.4 Å². The van der Waals surface area contributed by atoms with E-state index in [0.717, 1.165) is 16.4 Å². The second-order valence-corrected chi connectivity index (χ2v) is 4.61. The van der Waals surface area contributed by atoms with Crippen LogP contribution in [0.25, 0.3) is 0 Å². The van der Waals surface area contributed by atoms with Gasteiger partial charge in [-0.05, 0) is 17.4 Å². The number of hydrogen-bond acceptors (Lipinski definition) is 8. The Bertz CT molecular complexity index is 623. The molecule has 0 spiro atoms. The molecular weight excluding hydrogens is 288 g/mol. The lowest BCUT2D eigenvalue weighted by atomic mass is 10.5. The standard InChI is InChI=1S/C9H10N6O4S/c1-5-2-6(12-19-5)10-7(16)4-20-9-11-13-14-15(9)3-8(17)18/h2H,3-4H2,1H3,(H,17,18)(H,10,12,16). The number of aliphatic carboxylic acids is 1. The molecule has 2 rings (SSSR count). The van der Waals surface area contributed by atoms with Gasteiger partial charge in [0.25, 0.3) is 0 Å². The summed E-state index contributed by atoms with van der Waals surface area (Å²) < 4.78 is 5.90. The van der Waals surface area contributed by atoms with Gasteiger partial charge in [0.1, 0.15) is 12.3 Å². The molecule has 0 aromatic carbocycles. The molecule has 2 N–H and O–H groups in total. The summed E-state index contributed by atoms with van der Waals surface area (Å²) in [6.45, 7) is 1.34. The third-order valence-corrected chi connectivity index (χ3v) is 2.97. The van der Waals surface area contributed by atoms with Crippen LogP contribution in [0.1, 0.15) is 5.76 Å². The van der Waals surface area contributed by atoms with Crippen molar-refractivity contribution in [2.75, 3.05) is 11.1 Å². The fraction of sp³-hybridized carbons (Fsp3) is 0.333. The maximum absolute atomic E-state index is 11.6.